The number of amides is 2. The number of rotatable bonds is 6. The summed E-state index contributed by atoms with van der Waals surface area (Å²) in [6.07, 6.45) is 4.43. The molecular weight excluding hydrogens is 262 g/mol. The van der Waals surface area contributed by atoms with Crippen molar-refractivity contribution in [1.82, 2.24) is 15.5 Å². The summed E-state index contributed by atoms with van der Waals surface area (Å²) in [6, 6.07) is 0.0984. The summed E-state index contributed by atoms with van der Waals surface area (Å²) in [5.74, 6) is 0.652. The molecule has 2 rings (SSSR count). The van der Waals surface area contributed by atoms with Crippen LogP contribution in [0.1, 0.15) is 32.6 Å². The van der Waals surface area contributed by atoms with E-state index in [9.17, 15) is 9.59 Å². The first-order chi connectivity index (χ1) is 9.20. The number of nitrogens with one attached hydrogen (secondary N) is 2. The third kappa shape index (κ3) is 4.11. The van der Waals surface area contributed by atoms with Gasteiger partial charge in [0.25, 0.3) is 5.24 Å². The monoisotopic (exact) mass is 285 g/mol. The molecule has 2 N–H and O–H groups in total. The molecular formula is C13H23N3O2S. The maximum Gasteiger partial charge on any atom is 0.279 e. The second-order valence-electron chi connectivity index (χ2n) is 5.23. The van der Waals surface area contributed by atoms with Crippen molar-refractivity contribution in [2.24, 2.45) is 0 Å². The van der Waals surface area contributed by atoms with Crippen LogP contribution >= 0.6 is 11.8 Å². The van der Waals surface area contributed by atoms with Gasteiger partial charge in [-0.05, 0) is 25.8 Å². The van der Waals surface area contributed by atoms with Gasteiger partial charge in [0.15, 0.2) is 0 Å². The standard InChI is InChI=1S/C13H23N3O2S/c1-2-3-7-16(8-10-5-4-6-14-10)12(17)11-9-19-13(18)15-11/h10-11,14H,2-9H2,1H3,(H,15,18). The highest BCUT2D eigenvalue weighted by atomic mass is 32.2. The van der Waals surface area contributed by atoms with Crippen molar-refractivity contribution in [2.45, 2.75) is 44.7 Å². The molecule has 2 aliphatic rings. The van der Waals surface area contributed by atoms with Crippen molar-refractivity contribution in [1.29, 1.82) is 0 Å². The first kappa shape index (κ1) is 14.7. The van der Waals surface area contributed by atoms with Crippen LogP contribution in [0.3, 0.4) is 0 Å². The normalized spacial score (nSPS) is 26.5. The van der Waals surface area contributed by atoms with Crippen molar-refractivity contribution in [3.05, 3.63) is 0 Å². The van der Waals surface area contributed by atoms with Gasteiger partial charge >= 0.3 is 0 Å². The first-order valence-corrected chi connectivity index (χ1v) is 8.14. The number of thioether (sulfide) groups is 1. The largest absolute Gasteiger partial charge is 0.339 e. The van der Waals surface area contributed by atoms with Gasteiger partial charge in [-0.25, -0.2) is 0 Å². The molecule has 2 unspecified atom stereocenters. The van der Waals surface area contributed by atoms with Gasteiger partial charge in [0.2, 0.25) is 5.91 Å². The van der Waals surface area contributed by atoms with Crippen LogP contribution < -0.4 is 10.6 Å². The minimum atomic E-state index is -0.323. The van der Waals surface area contributed by atoms with E-state index in [2.05, 4.69) is 17.6 Å². The van der Waals surface area contributed by atoms with E-state index in [4.69, 9.17) is 0 Å². The molecule has 19 heavy (non-hydrogen) atoms. The van der Waals surface area contributed by atoms with Gasteiger partial charge in [0, 0.05) is 24.9 Å². The van der Waals surface area contributed by atoms with E-state index in [1.165, 1.54) is 18.2 Å². The predicted molar refractivity (Wildman–Crippen MR) is 77.3 cm³/mol. The molecule has 2 saturated heterocycles. The van der Waals surface area contributed by atoms with Crippen LogP contribution in [-0.2, 0) is 4.79 Å². The highest BCUT2D eigenvalue weighted by Gasteiger charge is 2.32. The van der Waals surface area contributed by atoms with Crippen molar-refractivity contribution in [3.8, 4) is 0 Å². The van der Waals surface area contributed by atoms with Crippen molar-refractivity contribution in [3.63, 3.8) is 0 Å². The van der Waals surface area contributed by atoms with Gasteiger partial charge in [-0.2, -0.15) is 0 Å². The summed E-state index contributed by atoms with van der Waals surface area (Å²) in [5, 5.41) is 6.10. The fourth-order valence-corrected chi connectivity index (χ4v) is 3.33. The van der Waals surface area contributed by atoms with E-state index in [-0.39, 0.29) is 17.2 Å². The minimum absolute atomic E-state index is 0.0761. The maximum atomic E-state index is 12.5. The van der Waals surface area contributed by atoms with E-state index >= 15 is 0 Å². The highest BCUT2D eigenvalue weighted by molar-refractivity contribution is 8.14. The molecule has 2 aliphatic heterocycles. The Morgan fingerprint density at radius 1 is 1.53 bits per heavy atom. The van der Waals surface area contributed by atoms with Crippen molar-refractivity contribution < 1.29 is 9.59 Å². The summed E-state index contributed by atoms with van der Waals surface area (Å²) >= 11 is 1.20. The minimum Gasteiger partial charge on any atom is -0.339 e. The molecule has 2 fully saturated rings. The first-order valence-electron chi connectivity index (χ1n) is 7.16. The Morgan fingerprint density at radius 3 is 2.95 bits per heavy atom. The van der Waals surface area contributed by atoms with E-state index in [1.54, 1.807) is 0 Å². The Hall–Kier alpha value is -0.750. The Balaban J connectivity index is 1.90. The fraction of sp³-hybridized carbons (Fsp3) is 0.846. The van der Waals surface area contributed by atoms with Gasteiger partial charge in [-0.3, -0.25) is 9.59 Å². The summed E-state index contributed by atoms with van der Waals surface area (Å²) in [4.78, 5) is 25.6. The molecule has 0 bridgehead atoms. The Kier molecular flexibility index (Phi) is 5.51. The predicted octanol–water partition coefficient (Wildman–Crippen LogP) is 1.19. The highest BCUT2D eigenvalue weighted by Crippen LogP contribution is 2.16. The Labute approximate surface area is 118 Å². The molecule has 0 aromatic heterocycles. The number of nitrogens with zero attached hydrogens (tertiary/aromatic N) is 1. The van der Waals surface area contributed by atoms with E-state index in [1.807, 2.05) is 4.90 Å². The zero-order chi connectivity index (χ0) is 13.7. The molecule has 5 nitrogen and oxygen atoms in total. The number of hydrogen-bond donors (Lipinski definition) is 2. The van der Waals surface area contributed by atoms with Crippen LogP contribution in [0.2, 0.25) is 0 Å². The van der Waals surface area contributed by atoms with Crippen LogP contribution in [-0.4, -0.2) is 53.5 Å². The molecule has 2 atom stereocenters. The number of unbranched alkanes of at least 4 members (excludes halogenated alkanes) is 1. The average Bonchev–Trinajstić information content (AvgIpc) is 3.05. The second-order valence-corrected chi connectivity index (χ2v) is 6.22. The van der Waals surface area contributed by atoms with Crippen molar-refractivity contribution >= 4 is 22.9 Å². The second kappa shape index (κ2) is 7.14. The number of carbonyl (C=O) groups excluding carboxylic acids is 2. The molecule has 2 amide bonds. The van der Waals surface area contributed by atoms with Gasteiger partial charge in [-0.1, -0.05) is 25.1 Å². The molecule has 2 heterocycles. The quantitative estimate of drug-likeness (QED) is 0.769. The third-order valence-corrected chi connectivity index (χ3v) is 4.55. The summed E-state index contributed by atoms with van der Waals surface area (Å²) in [5.41, 5.74) is 0. The lowest BCUT2D eigenvalue weighted by Gasteiger charge is -2.28. The van der Waals surface area contributed by atoms with Crippen LogP contribution in [0.15, 0.2) is 0 Å². The molecule has 0 aliphatic carbocycles. The zero-order valence-corrected chi connectivity index (χ0v) is 12.3. The summed E-state index contributed by atoms with van der Waals surface area (Å²) in [7, 11) is 0. The Bertz CT molecular complexity index is 332. The van der Waals surface area contributed by atoms with Crippen LogP contribution in [0.4, 0.5) is 4.79 Å². The van der Waals surface area contributed by atoms with Crippen LogP contribution in [0, 0.1) is 0 Å². The van der Waals surface area contributed by atoms with Gasteiger partial charge in [0.1, 0.15) is 6.04 Å². The van der Waals surface area contributed by atoms with Crippen molar-refractivity contribution in [2.75, 3.05) is 25.4 Å². The molecule has 0 aromatic carbocycles. The summed E-state index contributed by atoms with van der Waals surface area (Å²) in [6.45, 7) is 4.75. The molecule has 6 heteroatoms. The third-order valence-electron chi connectivity index (χ3n) is 3.67. The van der Waals surface area contributed by atoms with E-state index < -0.39 is 0 Å². The molecule has 0 spiro atoms. The van der Waals surface area contributed by atoms with Gasteiger partial charge < -0.3 is 15.5 Å². The lowest BCUT2D eigenvalue weighted by molar-refractivity contribution is -0.132. The van der Waals surface area contributed by atoms with E-state index in [0.717, 1.165) is 38.9 Å². The number of carbonyl (C=O) groups is 2. The SMILES string of the molecule is CCCCN(CC1CCCN1)C(=O)C1CSC(=O)N1. The average molecular weight is 285 g/mol. The van der Waals surface area contributed by atoms with E-state index in [0.29, 0.717) is 11.8 Å². The lowest BCUT2D eigenvalue weighted by atomic mass is 10.2. The van der Waals surface area contributed by atoms with Gasteiger partial charge in [-0.15, -0.1) is 0 Å². The van der Waals surface area contributed by atoms with Crippen LogP contribution in [0.25, 0.3) is 0 Å². The van der Waals surface area contributed by atoms with Crippen LogP contribution in [0.5, 0.6) is 0 Å². The maximum absolute atomic E-state index is 12.5. The topological polar surface area (TPSA) is 61.4 Å². The molecule has 0 saturated carbocycles. The molecule has 108 valence electrons. The Morgan fingerprint density at radius 2 is 2.37 bits per heavy atom. The molecule has 0 aromatic rings. The summed E-state index contributed by atoms with van der Waals surface area (Å²) < 4.78 is 0. The zero-order valence-electron chi connectivity index (χ0n) is 11.5. The number of hydrogen-bond acceptors (Lipinski definition) is 4. The fourth-order valence-electron chi connectivity index (χ4n) is 2.56. The van der Waals surface area contributed by atoms with Gasteiger partial charge in [0.05, 0.1) is 0 Å². The lowest BCUT2D eigenvalue weighted by Crippen LogP contribution is -2.49. The molecule has 0 radical (unpaired) electrons. The smallest absolute Gasteiger partial charge is 0.279 e.